The monoisotopic (exact) mass is 283 g/mol. The number of pyridine rings is 1. The molecule has 0 bridgehead atoms. The molecule has 1 N–H and O–H groups in total. The molecule has 1 aromatic carbocycles. The van der Waals surface area contributed by atoms with Crippen molar-refractivity contribution in [1.29, 1.82) is 0 Å². The molecule has 1 fully saturated rings. The van der Waals surface area contributed by atoms with Crippen LogP contribution in [0.1, 0.15) is 13.8 Å². The Bertz CT molecular complexity index is 777. The predicted molar refractivity (Wildman–Crippen MR) is 76.5 cm³/mol. The van der Waals surface area contributed by atoms with Gasteiger partial charge in [0.15, 0.2) is 0 Å². The van der Waals surface area contributed by atoms with Gasteiger partial charge < -0.3 is 0 Å². The van der Waals surface area contributed by atoms with E-state index < -0.39 is 23.3 Å². The molecule has 6 heteroatoms. The van der Waals surface area contributed by atoms with Crippen molar-refractivity contribution in [3.05, 3.63) is 36.7 Å². The number of urea groups is 1. The van der Waals surface area contributed by atoms with Gasteiger partial charge >= 0.3 is 6.03 Å². The Labute approximate surface area is 120 Å². The van der Waals surface area contributed by atoms with Gasteiger partial charge in [0, 0.05) is 23.2 Å². The summed E-state index contributed by atoms with van der Waals surface area (Å²) in [5.74, 6) is -1.13. The lowest BCUT2D eigenvalue weighted by molar-refractivity contribution is -0.140. The number of carbonyl (C=O) groups is 3. The molecule has 1 aliphatic rings. The minimum Gasteiger partial charge on any atom is -0.276 e. The number of carbonyl (C=O) groups excluding carboxylic acids is 3. The zero-order valence-electron chi connectivity index (χ0n) is 11.6. The zero-order valence-corrected chi connectivity index (χ0v) is 11.6. The zero-order chi connectivity index (χ0) is 15.2. The number of imide groups is 2. The minimum atomic E-state index is -1.29. The van der Waals surface area contributed by atoms with Crippen LogP contribution in [0.15, 0.2) is 36.7 Å². The van der Waals surface area contributed by atoms with Gasteiger partial charge in [-0.2, -0.15) is 0 Å². The molecule has 2 aromatic rings. The third-order valence-electron chi connectivity index (χ3n) is 3.63. The number of hydrogen-bond donors (Lipinski definition) is 1. The average Bonchev–Trinajstić information content (AvgIpc) is 2.46. The van der Waals surface area contributed by atoms with Crippen LogP contribution >= 0.6 is 0 Å². The Morgan fingerprint density at radius 1 is 1.14 bits per heavy atom. The average molecular weight is 283 g/mol. The first-order chi connectivity index (χ1) is 9.93. The van der Waals surface area contributed by atoms with Crippen LogP contribution in [0.2, 0.25) is 0 Å². The van der Waals surface area contributed by atoms with E-state index in [0.717, 1.165) is 15.7 Å². The van der Waals surface area contributed by atoms with Gasteiger partial charge in [0.05, 0.1) is 5.69 Å². The Hall–Kier alpha value is -2.76. The lowest BCUT2D eigenvalue weighted by Gasteiger charge is -2.34. The number of benzene rings is 1. The molecule has 3 rings (SSSR count). The predicted octanol–water partition coefficient (Wildman–Crippen LogP) is 1.84. The van der Waals surface area contributed by atoms with E-state index in [-0.39, 0.29) is 0 Å². The third kappa shape index (κ3) is 1.87. The Morgan fingerprint density at radius 2 is 1.90 bits per heavy atom. The summed E-state index contributed by atoms with van der Waals surface area (Å²) in [4.78, 5) is 41.5. The van der Waals surface area contributed by atoms with E-state index in [2.05, 4.69) is 10.3 Å². The summed E-state index contributed by atoms with van der Waals surface area (Å²) >= 11 is 0. The molecule has 106 valence electrons. The van der Waals surface area contributed by atoms with Gasteiger partial charge in [-0.25, -0.2) is 9.69 Å². The van der Waals surface area contributed by atoms with E-state index >= 15 is 0 Å². The van der Waals surface area contributed by atoms with Crippen molar-refractivity contribution in [2.45, 2.75) is 13.8 Å². The van der Waals surface area contributed by atoms with E-state index in [1.807, 2.05) is 6.07 Å². The summed E-state index contributed by atoms with van der Waals surface area (Å²) in [5, 5.41) is 3.76. The van der Waals surface area contributed by atoms with E-state index in [4.69, 9.17) is 0 Å². The largest absolute Gasteiger partial charge is 0.335 e. The highest BCUT2D eigenvalue weighted by atomic mass is 16.2. The summed E-state index contributed by atoms with van der Waals surface area (Å²) in [6.45, 7) is 2.99. The molecule has 0 aliphatic carbocycles. The number of hydrogen-bond acceptors (Lipinski definition) is 4. The Kier molecular flexibility index (Phi) is 2.76. The second-order valence-corrected chi connectivity index (χ2v) is 5.40. The summed E-state index contributed by atoms with van der Waals surface area (Å²) in [6, 6.07) is 6.26. The van der Waals surface area contributed by atoms with E-state index in [0.29, 0.717) is 5.69 Å². The first kappa shape index (κ1) is 13.2. The van der Waals surface area contributed by atoms with Crippen molar-refractivity contribution in [3.63, 3.8) is 0 Å². The molecule has 0 atom stereocenters. The van der Waals surface area contributed by atoms with Crippen LogP contribution in [0, 0.1) is 5.41 Å². The van der Waals surface area contributed by atoms with Gasteiger partial charge in [0.1, 0.15) is 5.41 Å². The highest BCUT2D eigenvalue weighted by molar-refractivity contribution is 6.31. The van der Waals surface area contributed by atoms with Gasteiger partial charge in [-0.3, -0.25) is 19.9 Å². The molecule has 4 amide bonds. The lowest BCUT2D eigenvalue weighted by atomic mass is 9.88. The van der Waals surface area contributed by atoms with Crippen molar-refractivity contribution >= 4 is 34.3 Å². The summed E-state index contributed by atoms with van der Waals surface area (Å²) < 4.78 is 0. The lowest BCUT2D eigenvalue weighted by Crippen LogP contribution is -2.62. The van der Waals surface area contributed by atoms with Crippen molar-refractivity contribution in [1.82, 2.24) is 10.3 Å². The van der Waals surface area contributed by atoms with E-state index in [1.54, 1.807) is 30.6 Å². The number of amides is 4. The van der Waals surface area contributed by atoms with Crippen LogP contribution in [0.3, 0.4) is 0 Å². The number of nitrogens with zero attached hydrogens (tertiary/aromatic N) is 2. The van der Waals surface area contributed by atoms with E-state index in [9.17, 15) is 14.4 Å². The topological polar surface area (TPSA) is 79.4 Å². The quantitative estimate of drug-likeness (QED) is 0.810. The van der Waals surface area contributed by atoms with Crippen LogP contribution in [-0.4, -0.2) is 22.8 Å². The molecular formula is C15H13N3O3. The molecule has 0 radical (unpaired) electrons. The number of anilines is 1. The highest BCUT2D eigenvalue weighted by Gasteiger charge is 2.47. The van der Waals surface area contributed by atoms with Gasteiger partial charge in [0.25, 0.3) is 0 Å². The van der Waals surface area contributed by atoms with Gasteiger partial charge in [0.2, 0.25) is 11.8 Å². The fourth-order valence-corrected chi connectivity index (χ4v) is 2.30. The molecule has 0 spiro atoms. The first-order valence-corrected chi connectivity index (χ1v) is 6.45. The van der Waals surface area contributed by atoms with Crippen LogP contribution in [-0.2, 0) is 9.59 Å². The molecule has 2 heterocycles. The minimum absolute atomic E-state index is 0.443. The summed E-state index contributed by atoms with van der Waals surface area (Å²) in [6.07, 6.45) is 3.25. The summed E-state index contributed by atoms with van der Waals surface area (Å²) in [7, 11) is 0. The van der Waals surface area contributed by atoms with Crippen molar-refractivity contribution in [2.75, 3.05) is 4.90 Å². The molecular weight excluding hydrogens is 270 g/mol. The van der Waals surface area contributed by atoms with Gasteiger partial charge in [-0.1, -0.05) is 12.1 Å². The van der Waals surface area contributed by atoms with Gasteiger partial charge in [-0.05, 0) is 26.0 Å². The maximum Gasteiger partial charge on any atom is 0.335 e. The van der Waals surface area contributed by atoms with Crippen LogP contribution in [0.25, 0.3) is 10.8 Å². The highest BCUT2D eigenvalue weighted by Crippen LogP contribution is 2.32. The third-order valence-corrected chi connectivity index (χ3v) is 3.63. The number of nitrogens with one attached hydrogen (secondary N) is 1. The smallest absolute Gasteiger partial charge is 0.276 e. The van der Waals surface area contributed by atoms with Crippen molar-refractivity contribution in [3.8, 4) is 0 Å². The maximum absolute atomic E-state index is 12.5. The Morgan fingerprint density at radius 3 is 2.67 bits per heavy atom. The SMILES string of the molecule is CC1(C)C(=O)NC(=O)N(c2cccc3cnccc23)C1=O. The number of rotatable bonds is 1. The van der Waals surface area contributed by atoms with E-state index in [1.165, 1.54) is 13.8 Å². The molecule has 0 saturated carbocycles. The molecule has 0 unspecified atom stereocenters. The number of aromatic nitrogens is 1. The standard InChI is InChI=1S/C15H13N3O3/c1-15(2)12(19)17-14(21)18(13(15)20)11-5-3-4-9-8-16-7-6-10(9)11/h3-8H,1-2H3,(H,17,19,21). The van der Waals surface area contributed by atoms with Crippen LogP contribution in [0.5, 0.6) is 0 Å². The fraction of sp³-hybridized carbons (Fsp3) is 0.200. The number of barbiturate groups is 1. The van der Waals surface area contributed by atoms with Gasteiger partial charge in [-0.15, -0.1) is 0 Å². The fourth-order valence-electron chi connectivity index (χ4n) is 2.30. The summed E-state index contributed by atoms with van der Waals surface area (Å²) in [5.41, 5.74) is -0.846. The Balaban J connectivity index is 2.20. The molecule has 1 aliphatic heterocycles. The molecule has 1 saturated heterocycles. The van der Waals surface area contributed by atoms with Crippen molar-refractivity contribution < 1.29 is 14.4 Å². The van der Waals surface area contributed by atoms with Crippen LogP contribution < -0.4 is 10.2 Å². The molecule has 21 heavy (non-hydrogen) atoms. The van der Waals surface area contributed by atoms with Crippen molar-refractivity contribution in [2.24, 2.45) is 5.41 Å². The second-order valence-electron chi connectivity index (χ2n) is 5.40. The first-order valence-electron chi connectivity index (χ1n) is 6.45. The maximum atomic E-state index is 12.5. The molecule has 1 aromatic heterocycles. The second kappa shape index (κ2) is 4.37. The normalized spacial score (nSPS) is 18.0. The van der Waals surface area contributed by atoms with Crippen LogP contribution in [0.4, 0.5) is 10.5 Å². The number of fused-ring (bicyclic) bond motifs is 1. The molecule has 6 nitrogen and oxygen atoms in total.